The van der Waals surface area contributed by atoms with Gasteiger partial charge in [-0.2, -0.15) is 0 Å². The molecule has 4 rings (SSSR count). The maximum atomic E-state index is 13.2. The predicted octanol–water partition coefficient (Wildman–Crippen LogP) is 4.44. The quantitative estimate of drug-likeness (QED) is 0.553. The molecule has 0 bridgehead atoms. The van der Waals surface area contributed by atoms with Crippen LogP contribution < -0.4 is 14.8 Å². The second kappa shape index (κ2) is 10.2. The van der Waals surface area contributed by atoms with Crippen LogP contribution in [0.1, 0.15) is 28.4 Å². The van der Waals surface area contributed by atoms with Crippen molar-refractivity contribution in [1.29, 1.82) is 0 Å². The number of carbonyl (C=O) groups excluding carboxylic acids is 2. The molecule has 0 aromatic heterocycles. The molecule has 3 aromatic carbocycles. The molecule has 0 radical (unpaired) electrons. The van der Waals surface area contributed by atoms with E-state index >= 15 is 0 Å². The minimum atomic E-state index is -0.303. The van der Waals surface area contributed by atoms with Gasteiger partial charge in [0.15, 0.2) is 6.61 Å². The average Bonchev–Trinajstić information content (AvgIpc) is 2.82. The van der Waals surface area contributed by atoms with Crippen molar-refractivity contribution >= 4 is 17.5 Å². The molecule has 0 fully saturated rings. The maximum Gasteiger partial charge on any atom is 0.262 e. The Labute approximate surface area is 191 Å². The van der Waals surface area contributed by atoms with Crippen molar-refractivity contribution in [2.75, 3.05) is 25.1 Å². The van der Waals surface area contributed by atoms with Crippen LogP contribution in [-0.4, -0.2) is 36.5 Å². The van der Waals surface area contributed by atoms with Crippen molar-refractivity contribution in [2.24, 2.45) is 0 Å². The van der Waals surface area contributed by atoms with Gasteiger partial charge in [0.1, 0.15) is 17.3 Å². The molecule has 0 saturated carbocycles. The van der Waals surface area contributed by atoms with Crippen molar-refractivity contribution in [1.82, 2.24) is 4.90 Å². The molecule has 33 heavy (non-hydrogen) atoms. The maximum absolute atomic E-state index is 13.2. The molecule has 1 aliphatic rings. The van der Waals surface area contributed by atoms with Crippen LogP contribution in [0, 0.1) is 5.82 Å². The summed E-state index contributed by atoms with van der Waals surface area (Å²) in [6.07, 6.45) is 0.610. The molecule has 1 heterocycles. The average molecular weight is 448 g/mol. The number of carbonyl (C=O) groups is 2. The van der Waals surface area contributed by atoms with Crippen LogP contribution in [0.4, 0.5) is 10.1 Å². The number of hydrogen-bond acceptors (Lipinski definition) is 4. The first kappa shape index (κ1) is 22.3. The molecule has 0 atom stereocenters. The third kappa shape index (κ3) is 5.49. The summed E-state index contributed by atoms with van der Waals surface area (Å²) in [7, 11) is 0. The van der Waals surface area contributed by atoms with Crippen molar-refractivity contribution in [3.05, 3.63) is 89.2 Å². The van der Waals surface area contributed by atoms with E-state index in [2.05, 4.69) is 5.32 Å². The lowest BCUT2D eigenvalue weighted by Gasteiger charge is -2.29. The van der Waals surface area contributed by atoms with Crippen molar-refractivity contribution < 1.29 is 23.5 Å². The van der Waals surface area contributed by atoms with Crippen LogP contribution in [0.5, 0.6) is 11.5 Å². The predicted molar refractivity (Wildman–Crippen MR) is 123 cm³/mol. The van der Waals surface area contributed by atoms with Gasteiger partial charge < -0.3 is 19.7 Å². The molecular weight excluding hydrogens is 423 g/mol. The lowest BCUT2D eigenvalue weighted by molar-refractivity contribution is -0.118. The molecule has 0 unspecified atom stereocenters. The summed E-state index contributed by atoms with van der Waals surface area (Å²) >= 11 is 0. The fraction of sp³-hybridized carbons (Fsp3) is 0.231. The third-order valence-electron chi connectivity index (χ3n) is 5.38. The number of benzene rings is 3. The molecule has 0 aliphatic carbocycles. The summed E-state index contributed by atoms with van der Waals surface area (Å²) in [5.41, 5.74) is 2.87. The van der Waals surface area contributed by atoms with Gasteiger partial charge in [-0.3, -0.25) is 9.59 Å². The molecule has 6 nitrogen and oxygen atoms in total. The molecule has 2 amide bonds. The number of nitrogens with one attached hydrogen (secondary N) is 1. The standard InChI is InChI=1S/C26H25FN2O4/c1-2-32-21-12-10-20(11-13-21)28-25(30)17-33-24-5-3-4-23-22(24)14-15-29(26(23)31)16-18-6-8-19(27)9-7-18/h3-13H,2,14-17H2,1H3,(H,28,30). The number of fused-ring (bicyclic) bond motifs is 1. The van der Waals surface area contributed by atoms with Crippen molar-refractivity contribution in [3.8, 4) is 11.5 Å². The Kier molecular flexibility index (Phi) is 6.88. The topological polar surface area (TPSA) is 67.9 Å². The van der Waals surface area contributed by atoms with E-state index in [9.17, 15) is 14.0 Å². The highest BCUT2D eigenvalue weighted by molar-refractivity contribution is 5.97. The minimum Gasteiger partial charge on any atom is -0.494 e. The number of halogens is 1. The smallest absolute Gasteiger partial charge is 0.262 e. The van der Waals surface area contributed by atoms with Crippen molar-refractivity contribution in [3.63, 3.8) is 0 Å². The van der Waals surface area contributed by atoms with Crippen LogP contribution in [0.25, 0.3) is 0 Å². The highest BCUT2D eigenvalue weighted by atomic mass is 19.1. The number of anilines is 1. The summed E-state index contributed by atoms with van der Waals surface area (Å²) in [5.74, 6) is 0.564. The molecular formula is C26H25FN2O4. The minimum absolute atomic E-state index is 0.107. The third-order valence-corrected chi connectivity index (χ3v) is 5.38. The van der Waals surface area contributed by atoms with Crippen LogP contribution >= 0.6 is 0 Å². The Hall–Kier alpha value is -3.87. The molecule has 1 N–H and O–H groups in total. The SMILES string of the molecule is CCOc1ccc(NC(=O)COc2cccc3c2CCN(Cc2ccc(F)cc2)C3=O)cc1. The van der Waals surface area contributed by atoms with Gasteiger partial charge in [0.2, 0.25) is 0 Å². The highest BCUT2D eigenvalue weighted by Gasteiger charge is 2.27. The van der Waals surface area contributed by atoms with E-state index in [0.717, 1.165) is 16.9 Å². The van der Waals surface area contributed by atoms with Crippen molar-refractivity contribution in [2.45, 2.75) is 19.9 Å². The van der Waals surface area contributed by atoms with Gasteiger partial charge in [-0.25, -0.2) is 4.39 Å². The Balaban J connectivity index is 1.37. The summed E-state index contributed by atoms with van der Waals surface area (Å²) < 4.78 is 24.3. The molecule has 1 aliphatic heterocycles. The monoisotopic (exact) mass is 448 g/mol. The van der Waals surface area contributed by atoms with E-state index in [1.54, 1.807) is 59.5 Å². The second-order valence-corrected chi connectivity index (χ2v) is 7.68. The first-order chi connectivity index (χ1) is 16.0. The van der Waals surface area contributed by atoms with Gasteiger partial charge in [-0.1, -0.05) is 18.2 Å². The van der Waals surface area contributed by atoms with Gasteiger partial charge in [-0.15, -0.1) is 0 Å². The zero-order chi connectivity index (χ0) is 23.2. The Morgan fingerprint density at radius 1 is 1.03 bits per heavy atom. The number of ether oxygens (including phenoxy) is 2. The van der Waals surface area contributed by atoms with Crippen LogP contribution in [0.3, 0.4) is 0 Å². The van der Waals surface area contributed by atoms with Crippen LogP contribution in [0.15, 0.2) is 66.7 Å². The Morgan fingerprint density at radius 2 is 1.79 bits per heavy atom. The fourth-order valence-electron chi connectivity index (χ4n) is 3.78. The lowest BCUT2D eigenvalue weighted by atomic mass is 9.97. The van der Waals surface area contributed by atoms with Gasteiger partial charge >= 0.3 is 0 Å². The number of amides is 2. The van der Waals surface area contributed by atoms with E-state index in [4.69, 9.17) is 9.47 Å². The van der Waals surface area contributed by atoms with E-state index in [0.29, 0.717) is 43.1 Å². The van der Waals surface area contributed by atoms with Gasteiger partial charge in [0.25, 0.3) is 11.8 Å². The summed E-state index contributed by atoms with van der Waals surface area (Å²) in [6.45, 7) is 3.24. The van der Waals surface area contributed by atoms with Gasteiger partial charge in [-0.05, 0) is 67.4 Å². The van der Waals surface area contributed by atoms with E-state index in [1.165, 1.54) is 12.1 Å². The lowest BCUT2D eigenvalue weighted by Crippen LogP contribution is -2.37. The van der Waals surface area contributed by atoms with E-state index in [-0.39, 0.29) is 24.2 Å². The normalized spacial score (nSPS) is 12.8. The summed E-state index contributed by atoms with van der Waals surface area (Å²) in [4.78, 5) is 27.1. The zero-order valence-electron chi connectivity index (χ0n) is 18.3. The highest BCUT2D eigenvalue weighted by Crippen LogP contribution is 2.29. The first-order valence-electron chi connectivity index (χ1n) is 10.8. The van der Waals surface area contributed by atoms with E-state index in [1.807, 2.05) is 6.92 Å². The molecule has 0 spiro atoms. The molecule has 0 saturated heterocycles. The number of rotatable bonds is 8. The Bertz CT molecular complexity index is 1130. The van der Waals surface area contributed by atoms with Gasteiger partial charge in [0, 0.05) is 29.9 Å². The van der Waals surface area contributed by atoms with Crippen LogP contribution in [0.2, 0.25) is 0 Å². The van der Waals surface area contributed by atoms with E-state index < -0.39 is 0 Å². The fourth-order valence-corrected chi connectivity index (χ4v) is 3.78. The number of nitrogens with zero attached hydrogens (tertiary/aromatic N) is 1. The molecule has 3 aromatic rings. The summed E-state index contributed by atoms with van der Waals surface area (Å²) in [5, 5.41) is 2.79. The second-order valence-electron chi connectivity index (χ2n) is 7.68. The molecule has 170 valence electrons. The van der Waals surface area contributed by atoms with Gasteiger partial charge in [0.05, 0.1) is 6.61 Å². The molecule has 7 heteroatoms. The summed E-state index contributed by atoms with van der Waals surface area (Å²) in [6, 6.07) is 18.5. The number of hydrogen-bond donors (Lipinski definition) is 1. The van der Waals surface area contributed by atoms with Crippen LogP contribution in [-0.2, 0) is 17.8 Å². The zero-order valence-corrected chi connectivity index (χ0v) is 18.3. The first-order valence-corrected chi connectivity index (χ1v) is 10.8. The Morgan fingerprint density at radius 3 is 2.52 bits per heavy atom. The largest absolute Gasteiger partial charge is 0.494 e.